The van der Waals surface area contributed by atoms with Crippen LogP contribution in [0.2, 0.25) is 0 Å². The number of anilines is 3. The van der Waals surface area contributed by atoms with Crippen molar-refractivity contribution in [1.82, 2.24) is 14.9 Å². The van der Waals surface area contributed by atoms with Crippen LogP contribution in [-0.2, 0) is 11.3 Å². The largest absolute Gasteiger partial charge is 0.496 e. The average Bonchev–Trinajstić information content (AvgIpc) is 3.42. The number of nitrogens with zero attached hydrogens (tertiary/aromatic N) is 3. The fourth-order valence-electron chi connectivity index (χ4n) is 3.63. The standard InChI is InChI=1S/C21H29N5O2/c1-22-20-7-9-23-21(25-20)24-17-5-6-19(27-2)16(11-17)14-28-18-8-10-26(13-18)12-15-3-4-15/h5-7,9,11,15,18H,3-4,8,10,12-14H2,1-2H3,(H2,22,23,24,25). The normalized spacial score (nSPS) is 19.6. The highest BCUT2D eigenvalue weighted by atomic mass is 16.5. The predicted molar refractivity (Wildman–Crippen MR) is 110 cm³/mol. The van der Waals surface area contributed by atoms with E-state index in [2.05, 4.69) is 25.5 Å². The number of nitrogens with one attached hydrogen (secondary N) is 2. The monoisotopic (exact) mass is 383 g/mol. The first-order valence-corrected chi connectivity index (χ1v) is 10.0. The summed E-state index contributed by atoms with van der Waals surface area (Å²) in [4.78, 5) is 11.2. The Balaban J connectivity index is 1.37. The molecule has 1 aromatic heterocycles. The Morgan fingerprint density at radius 3 is 2.89 bits per heavy atom. The summed E-state index contributed by atoms with van der Waals surface area (Å²) in [5, 5.41) is 6.27. The number of benzene rings is 1. The van der Waals surface area contributed by atoms with Crippen LogP contribution in [0.1, 0.15) is 24.8 Å². The van der Waals surface area contributed by atoms with Gasteiger partial charge in [-0.1, -0.05) is 0 Å². The van der Waals surface area contributed by atoms with Crippen molar-refractivity contribution in [2.75, 3.05) is 44.4 Å². The molecule has 1 aliphatic heterocycles. The van der Waals surface area contributed by atoms with Crippen LogP contribution in [0.3, 0.4) is 0 Å². The molecule has 2 N–H and O–H groups in total. The summed E-state index contributed by atoms with van der Waals surface area (Å²) in [5.74, 6) is 3.09. The Hall–Kier alpha value is -2.38. The van der Waals surface area contributed by atoms with E-state index in [1.54, 1.807) is 13.3 Å². The Kier molecular flexibility index (Phi) is 5.92. The second-order valence-electron chi connectivity index (χ2n) is 7.59. The smallest absolute Gasteiger partial charge is 0.229 e. The van der Waals surface area contributed by atoms with Gasteiger partial charge in [0.25, 0.3) is 0 Å². The minimum absolute atomic E-state index is 0.302. The second kappa shape index (κ2) is 8.75. The third-order valence-electron chi connectivity index (χ3n) is 5.37. The van der Waals surface area contributed by atoms with Gasteiger partial charge in [-0.3, -0.25) is 0 Å². The summed E-state index contributed by atoms with van der Waals surface area (Å²) in [5.41, 5.74) is 1.94. The van der Waals surface area contributed by atoms with Crippen molar-refractivity contribution in [3.8, 4) is 5.75 Å². The van der Waals surface area contributed by atoms with Crippen molar-refractivity contribution in [1.29, 1.82) is 0 Å². The molecular formula is C21H29N5O2. The number of aromatic nitrogens is 2. The Morgan fingerprint density at radius 2 is 2.11 bits per heavy atom. The van der Waals surface area contributed by atoms with Crippen LogP contribution in [0.4, 0.5) is 17.5 Å². The molecule has 0 spiro atoms. The molecule has 7 heteroatoms. The van der Waals surface area contributed by atoms with E-state index in [-0.39, 0.29) is 0 Å². The molecule has 1 aliphatic carbocycles. The van der Waals surface area contributed by atoms with Crippen molar-refractivity contribution in [2.45, 2.75) is 32.0 Å². The van der Waals surface area contributed by atoms with E-state index in [9.17, 15) is 0 Å². The molecule has 2 aliphatic rings. The zero-order chi connectivity index (χ0) is 19.3. The topological polar surface area (TPSA) is 71.5 Å². The number of rotatable bonds is 9. The van der Waals surface area contributed by atoms with E-state index in [1.807, 2.05) is 31.3 Å². The quantitative estimate of drug-likeness (QED) is 0.688. The van der Waals surface area contributed by atoms with Gasteiger partial charge in [0.2, 0.25) is 5.95 Å². The lowest BCUT2D eigenvalue weighted by Crippen LogP contribution is -2.25. The molecule has 0 amide bonds. The van der Waals surface area contributed by atoms with Crippen molar-refractivity contribution in [2.24, 2.45) is 5.92 Å². The molecule has 1 aromatic carbocycles. The molecule has 28 heavy (non-hydrogen) atoms. The lowest BCUT2D eigenvalue weighted by atomic mass is 10.2. The van der Waals surface area contributed by atoms with E-state index in [0.717, 1.165) is 48.2 Å². The maximum absolute atomic E-state index is 6.21. The van der Waals surface area contributed by atoms with Gasteiger partial charge in [-0.15, -0.1) is 0 Å². The maximum atomic E-state index is 6.21. The number of likely N-dealkylation sites (tertiary alicyclic amines) is 1. The lowest BCUT2D eigenvalue weighted by Gasteiger charge is -2.17. The summed E-state index contributed by atoms with van der Waals surface area (Å²) >= 11 is 0. The van der Waals surface area contributed by atoms with Gasteiger partial charge in [-0.25, -0.2) is 4.98 Å². The minimum atomic E-state index is 0.302. The highest BCUT2D eigenvalue weighted by Gasteiger charge is 2.29. The summed E-state index contributed by atoms with van der Waals surface area (Å²) in [6, 6.07) is 7.79. The van der Waals surface area contributed by atoms with Gasteiger partial charge in [0.05, 0.1) is 19.8 Å². The van der Waals surface area contributed by atoms with E-state index >= 15 is 0 Å². The molecule has 2 fully saturated rings. The molecule has 2 heterocycles. The first kappa shape index (κ1) is 19.0. The first-order valence-electron chi connectivity index (χ1n) is 10.0. The minimum Gasteiger partial charge on any atom is -0.496 e. The number of hydrogen-bond donors (Lipinski definition) is 2. The molecule has 1 saturated heterocycles. The highest BCUT2D eigenvalue weighted by Crippen LogP contribution is 2.31. The van der Waals surface area contributed by atoms with Crippen LogP contribution in [0.15, 0.2) is 30.5 Å². The van der Waals surface area contributed by atoms with Crippen LogP contribution in [0.25, 0.3) is 0 Å². The molecule has 150 valence electrons. The third kappa shape index (κ3) is 4.91. The molecule has 1 unspecified atom stereocenters. The van der Waals surface area contributed by atoms with E-state index in [1.165, 1.54) is 19.4 Å². The predicted octanol–water partition coefficient (Wildman–Crippen LogP) is 3.27. The van der Waals surface area contributed by atoms with Crippen LogP contribution in [0, 0.1) is 5.92 Å². The Morgan fingerprint density at radius 1 is 1.21 bits per heavy atom. The fraction of sp³-hybridized carbons (Fsp3) is 0.524. The van der Waals surface area contributed by atoms with Crippen LogP contribution in [-0.4, -0.2) is 54.8 Å². The molecule has 7 nitrogen and oxygen atoms in total. The van der Waals surface area contributed by atoms with Gasteiger partial charge < -0.3 is 25.0 Å². The zero-order valence-electron chi connectivity index (χ0n) is 16.6. The van der Waals surface area contributed by atoms with Crippen LogP contribution in [0.5, 0.6) is 5.75 Å². The van der Waals surface area contributed by atoms with Crippen LogP contribution >= 0.6 is 0 Å². The van der Waals surface area contributed by atoms with Crippen LogP contribution < -0.4 is 15.4 Å². The van der Waals surface area contributed by atoms with Gasteiger partial charge >= 0.3 is 0 Å². The van der Waals surface area contributed by atoms with Gasteiger partial charge in [-0.2, -0.15) is 4.98 Å². The maximum Gasteiger partial charge on any atom is 0.229 e. The Labute approximate surface area is 166 Å². The SMILES string of the molecule is CNc1ccnc(Nc2ccc(OC)c(COC3CCN(CC4CC4)C3)c2)n1. The molecule has 0 radical (unpaired) electrons. The second-order valence-corrected chi connectivity index (χ2v) is 7.59. The van der Waals surface area contributed by atoms with Crippen molar-refractivity contribution in [3.05, 3.63) is 36.0 Å². The summed E-state index contributed by atoms with van der Waals surface area (Å²) in [7, 11) is 3.53. The molecular weight excluding hydrogens is 354 g/mol. The van der Waals surface area contributed by atoms with E-state index in [0.29, 0.717) is 18.7 Å². The fourth-order valence-corrected chi connectivity index (χ4v) is 3.63. The molecule has 1 atom stereocenters. The lowest BCUT2D eigenvalue weighted by molar-refractivity contribution is 0.0453. The number of methoxy groups -OCH3 is 1. The van der Waals surface area contributed by atoms with Gasteiger partial charge in [-0.05, 0) is 49.4 Å². The molecule has 1 saturated carbocycles. The van der Waals surface area contributed by atoms with Gasteiger partial charge in [0.15, 0.2) is 0 Å². The third-order valence-corrected chi connectivity index (χ3v) is 5.37. The number of hydrogen-bond acceptors (Lipinski definition) is 7. The van der Waals surface area contributed by atoms with Crippen molar-refractivity contribution >= 4 is 17.5 Å². The van der Waals surface area contributed by atoms with Crippen molar-refractivity contribution in [3.63, 3.8) is 0 Å². The molecule has 4 rings (SSSR count). The summed E-state index contributed by atoms with van der Waals surface area (Å²) in [6.07, 6.45) is 5.94. The summed E-state index contributed by atoms with van der Waals surface area (Å²) in [6.45, 7) is 3.98. The van der Waals surface area contributed by atoms with Gasteiger partial charge in [0.1, 0.15) is 11.6 Å². The Bertz CT molecular complexity index is 796. The molecule has 2 aromatic rings. The van der Waals surface area contributed by atoms with Crippen molar-refractivity contribution < 1.29 is 9.47 Å². The average molecular weight is 383 g/mol. The number of ether oxygens (including phenoxy) is 2. The van der Waals surface area contributed by atoms with E-state index in [4.69, 9.17) is 9.47 Å². The zero-order valence-corrected chi connectivity index (χ0v) is 16.6. The first-order chi connectivity index (χ1) is 13.7. The highest BCUT2D eigenvalue weighted by molar-refractivity contribution is 5.58. The van der Waals surface area contributed by atoms with E-state index < -0.39 is 0 Å². The summed E-state index contributed by atoms with van der Waals surface area (Å²) < 4.78 is 11.7. The van der Waals surface area contributed by atoms with Gasteiger partial charge in [0, 0.05) is 44.1 Å². The molecule has 0 bridgehead atoms.